The summed E-state index contributed by atoms with van der Waals surface area (Å²) in [6.45, 7) is 2.58. The average molecular weight is 355 g/mol. The number of phenols is 1. The number of carbonyl (C=O) groups excluding carboxylic acids is 1. The predicted octanol–water partition coefficient (Wildman–Crippen LogP) is 3.29. The van der Waals surface area contributed by atoms with Gasteiger partial charge in [-0.15, -0.1) is 0 Å². The minimum Gasteiger partial charge on any atom is -0.508 e. The van der Waals surface area contributed by atoms with Gasteiger partial charge in [0.05, 0.1) is 5.02 Å². The highest BCUT2D eigenvalue weighted by atomic mass is 35.5. The molecule has 0 fully saturated rings. The molecule has 5 nitrogen and oxygen atoms in total. The molecule has 4 N–H and O–H groups in total. The first-order valence-corrected chi connectivity index (χ1v) is 7.69. The van der Waals surface area contributed by atoms with Crippen LogP contribution in [0.3, 0.4) is 0 Å². The summed E-state index contributed by atoms with van der Waals surface area (Å²) >= 11 is 12.3. The lowest BCUT2D eigenvalue weighted by Crippen LogP contribution is -2.17. The third-order valence-electron chi connectivity index (χ3n) is 3.18. The number of hydrogen-bond acceptors (Lipinski definition) is 5. The van der Waals surface area contributed by atoms with Gasteiger partial charge in [0.1, 0.15) is 10.8 Å². The van der Waals surface area contributed by atoms with Crippen molar-refractivity contribution in [1.82, 2.24) is 5.48 Å². The molecule has 0 aliphatic rings. The number of hydrogen-bond donors (Lipinski definition) is 3. The molecule has 0 aliphatic heterocycles. The third kappa shape index (κ3) is 3.76. The lowest BCUT2D eigenvalue weighted by molar-refractivity contribution is 0.103. The highest BCUT2D eigenvalue weighted by molar-refractivity contribution is 6.45. The SMILES string of the molecule is CCNOc1ccc(C(=O)c2ccc(O)c(CN)c2)c(Cl)c1Cl. The molecule has 0 unspecified atom stereocenters. The second-order valence-corrected chi connectivity index (χ2v) is 5.47. The summed E-state index contributed by atoms with van der Waals surface area (Å²) in [6, 6.07) is 7.56. The van der Waals surface area contributed by atoms with E-state index < -0.39 is 0 Å². The smallest absolute Gasteiger partial charge is 0.194 e. The number of rotatable bonds is 6. The number of ketones is 1. The first-order chi connectivity index (χ1) is 11.0. The first kappa shape index (κ1) is 17.6. The van der Waals surface area contributed by atoms with Gasteiger partial charge in [-0.2, -0.15) is 5.48 Å². The van der Waals surface area contributed by atoms with Crippen molar-refractivity contribution >= 4 is 29.0 Å². The van der Waals surface area contributed by atoms with Gasteiger partial charge in [-0.1, -0.05) is 23.2 Å². The number of carbonyl (C=O) groups is 1. The van der Waals surface area contributed by atoms with Crippen LogP contribution in [-0.4, -0.2) is 17.4 Å². The van der Waals surface area contributed by atoms with Crippen LogP contribution in [0.1, 0.15) is 28.4 Å². The Hall–Kier alpha value is -1.79. The van der Waals surface area contributed by atoms with Crippen molar-refractivity contribution in [3.05, 3.63) is 57.1 Å². The summed E-state index contributed by atoms with van der Waals surface area (Å²) in [7, 11) is 0. The molecule has 0 atom stereocenters. The van der Waals surface area contributed by atoms with E-state index in [4.69, 9.17) is 33.8 Å². The van der Waals surface area contributed by atoms with E-state index in [-0.39, 0.29) is 33.7 Å². The molecule has 0 aliphatic carbocycles. The zero-order chi connectivity index (χ0) is 17.0. The van der Waals surface area contributed by atoms with Crippen LogP contribution in [0, 0.1) is 0 Å². The number of hydroxylamine groups is 1. The van der Waals surface area contributed by atoms with E-state index in [9.17, 15) is 9.90 Å². The highest BCUT2D eigenvalue weighted by Gasteiger charge is 2.19. The molecule has 2 aromatic carbocycles. The summed E-state index contributed by atoms with van der Waals surface area (Å²) < 4.78 is 0. The van der Waals surface area contributed by atoms with Crippen LogP contribution in [0.5, 0.6) is 11.5 Å². The fraction of sp³-hybridized carbons (Fsp3) is 0.188. The molecule has 0 radical (unpaired) electrons. The van der Waals surface area contributed by atoms with E-state index in [0.29, 0.717) is 23.4 Å². The minimum absolute atomic E-state index is 0.0440. The van der Waals surface area contributed by atoms with Crippen LogP contribution >= 0.6 is 23.2 Å². The molecule has 0 aromatic heterocycles. The summed E-state index contributed by atoms with van der Waals surface area (Å²) in [4.78, 5) is 17.8. The van der Waals surface area contributed by atoms with Crippen LogP contribution in [0.2, 0.25) is 10.0 Å². The van der Waals surface area contributed by atoms with Gasteiger partial charge >= 0.3 is 0 Å². The van der Waals surface area contributed by atoms with Gasteiger partial charge in [-0.25, -0.2) is 0 Å². The Morgan fingerprint density at radius 3 is 2.65 bits per heavy atom. The van der Waals surface area contributed by atoms with E-state index in [1.54, 1.807) is 6.07 Å². The van der Waals surface area contributed by atoms with Gasteiger partial charge in [-0.05, 0) is 37.3 Å². The predicted molar refractivity (Wildman–Crippen MR) is 90.2 cm³/mol. The molecule has 0 saturated carbocycles. The molecule has 2 aromatic rings. The Labute approximate surface area is 143 Å². The van der Waals surface area contributed by atoms with Gasteiger partial charge in [0.25, 0.3) is 0 Å². The normalized spacial score (nSPS) is 10.6. The lowest BCUT2D eigenvalue weighted by atomic mass is 10.0. The standard InChI is InChI=1S/C16H16Cl2N2O3/c1-2-20-23-13-6-4-11(14(17)15(13)18)16(22)9-3-5-12(21)10(7-9)8-19/h3-7,20-21H,2,8,19H2,1H3. The van der Waals surface area contributed by atoms with Gasteiger partial charge in [0.2, 0.25) is 0 Å². The van der Waals surface area contributed by atoms with Crippen LogP contribution in [0.4, 0.5) is 0 Å². The molecule has 0 saturated heterocycles. The summed E-state index contributed by atoms with van der Waals surface area (Å²) in [5.41, 5.74) is 9.29. The summed E-state index contributed by atoms with van der Waals surface area (Å²) in [6.07, 6.45) is 0. The topological polar surface area (TPSA) is 84.6 Å². The van der Waals surface area contributed by atoms with Crippen molar-refractivity contribution in [3.8, 4) is 11.5 Å². The molecular weight excluding hydrogens is 339 g/mol. The maximum Gasteiger partial charge on any atom is 0.194 e. The third-order valence-corrected chi connectivity index (χ3v) is 4.04. The largest absolute Gasteiger partial charge is 0.508 e. The van der Waals surface area contributed by atoms with Crippen molar-refractivity contribution < 1.29 is 14.7 Å². The zero-order valence-corrected chi connectivity index (χ0v) is 13.9. The van der Waals surface area contributed by atoms with Gasteiger partial charge in [0.15, 0.2) is 11.5 Å². The van der Waals surface area contributed by atoms with Crippen LogP contribution in [-0.2, 0) is 6.54 Å². The molecule has 7 heteroatoms. The van der Waals surface area contributed by atoms with Gasteiger partial charge in [0, 0.05) is 29.8 Å². The van der Waals surface area contributed by atoms with E-state index in [1.807, 2.05) is 6.92 Å². The maximum absolute atomic E-state index is 12.6. The number of nitrogens with one attached hydrogen (secondary N) is 1. The molecule has 122 valence electrons. The Bertz CT molecular complexity index is 736. The Morgan fingerprint density at radius 2 is 2.00 bits per heavy atom. The maximum atomic E-state index is 12.6. The number of nitrogens with two attached hydrogens (primary N) is 1. The number of benzene rings is 2. The van der Waals surface area contributed by atoms with Crippen molar-refractivity contribution in [2.45, 2.75) is 13.5 Å². The van der Waals surface area contributed by atoms with E-state index >= 15 is 0 Å². The number of phenolic OH excluding ortho intramolecular Hbond substituents is 1. The Balaban J connectivity index is 2.38. The molecule has 0 bridgehead atoms. The average Bonchev–Trinajstić information content (AvgIpc) is 2.56. The molecule has 0 heterocycles. The zero-order valence-electron chi connectivity index (χ0n) is 12.4. The molecule has 0 amide bonds. The quantitative estimate of drug-likeness (QED) is 0.547. The van der Waals surface area contributed by atoms with Crippen molar-refractivity contribution in [1.29, 1.82) is 0 Å². The van der Waals surface area contributed by atoms with Crippen molar-refractivity contribution in [2.24, 2.45) is 5.73 Å². The monoisotopic (exact) mass is 354 g/mol. The van der Waals surface area contributed by atoms with Crippen LogP contribution < -0.4 is 16.1 Å². The van der Waals surface area contributed by atoms with Crippen molar-refractivity contribution in [2.75, 3.05) is 6.54 Å². The van der Waals surface area contributed by atoms with Crippen LogP contribution in [0.25, 0.3) is 0 Å². The van der Waals surface area contributed by atoms with Crippen molar-refractivity contribution in [3.63, 3.8) is 0 Å². The number of aromatic hydroxyl groups is 1. The van der Waals surface area contributed by atoms with Gasteiger partial charge in [-0.3, -0.25) is 4.79 Å². The second kappa shape index (κ2) is 7.66. The van der Waals surface area contributed by atoms with E-state index in [1.165, 1.54) is 24.3 Å². The summed E-state index contributed by atoms with van der Waals surface area (Å²) in [5.74, 6) is 0.0626. The highest BCUT2D eigenvalue weighted by Crippen LogP contribution is 2.35. The summed E-state index contributed by atoms with van der Waals surface area (Å²) in [5, 5.41) is 9.90. The minimum atomic E-state index is -0.318. The van der Waals surface area contributed by atoms with Gasteiger partial charge < -0.3 is 15.7 Å². The molecular formula is C16H16Cl2N2O3. The first-order valence-electron chi connectivity index (χ1n) is 6.94. The fourth-order valence-electron chi connectivity index (χ4n) is 1.98. The lowest BCUT2D eigenvalue weighted by Gasteiger charge is -2.11. The molecule has 2 rings (SSSR count). The Kier molecular flexibility index (Phi) is 5.85. The molecule has 0 spiro atoms. The fourth-order valence-corrected chi connectivity index (χ4v) is 2.43. The number of halogens is 2. The van der Waals surface area contributed by atoms with Crippen LogP contribution in [0.15, 0.2) is 30.3 Å². The second-order valence-electron chi connectivity index (χ2n) is 4.72. The Morgan fingerprint density at radius 1 is 1.26 bits per heavy atom. The molecule has 23 heavy (non-hydrogen) atoms. The van der Waals surface area contributed by atoms with E-state index in [2.05, 4.69) is 5.48 Å². The van der Waals surface area contributed by atoms with E-state index in [0.717, 1.165) is 0 Å².